The van der Waals surface area contributed by atoms with Crippen molar-refractivity contribution in [2.75, 3.05) is 33.4 Å². The van der Waals surface area contributed by atoms with Crippen LogP contribution in [0.4, 0.5) is 0 Å². The van der Waals surface area contributed by atoms with Gasteiger partial charge in [-0.25, -0.2) is 4.79 Å². The van der Waals surface area contributed by atoms with Crippen LogP contribution in [0.1, 0.15) is 59.5 Å². The maximum Gasteiger partial charge on any atom is 0.335 e. The second-order valence-electron chi connectivity index (χ2n) is 10.7. The Morgan fingerprint density at radius 3 is 2.69 bits per heavy atom. The van der Waals surface area contributed by atoms with Crippen molar-refractivity contribution in [3.63, 3.8) is 0 Å². The summed E-state index contributed by atoms with van der Waals surface area (Å²) in [5.74, 6) is -0.0453. The predicted molar refractivity (Wildman–Crippen MR) is 148 cm³/mol. The summed E-state index contributed by atoms with van der Waals surface area (Å²) in [5, 5.41) is 20.5. The van der Waals surface area contributed by atoms with Gasteiger partial charge in [0.25, 0.3) is 5.91 Å². The maximum absolute atomic E-state index is 14.0. The molecule has 1 saturated carbocycles. The van der Waals surface area contributed by atoms with Gasteiger partial charge in [-0.3, -0.25) is 4.79 Å². The summed E-state index contributed by atoms with van der Waals surface area (Å²) in [7, 11) is 1.64. The Hall–Kier alpha value is -3.62. The van der Waals surface area contributed by atoms with Crippen molar-refractivity contribution in [2.24, 2.45) is 0 Å². The summed E-state index contributed by atoms with van der Waals surface area (Å²) >= 11 is 0. The fourth-order valence-electron chi connectivity index (χ4n) is 6.58. The van der Waals surface area contributed by atoms with E-state index in [4.69, 9.17) is 9.47 Å². The number of aliphatic hydroxyl groups excluding tert-OH is 1. The highest BCUT2D eigenvalue weighted by atomic mass is 16.5. The molecule has 2 fully saturated rings. The molecule has 1 unspecified atom stereocenters. The van der Waals surface area contributed by atoms with E-state index in [-0.39, 0.29) is 18.1 Å². The Morgan fingerprint density at radius 2 is 1.95 bits per heavy atom. The number of benzene rings is 2. The predicted octanol–water partition coefficient (Wildman–Crippen LogP) is 4.68. The molecule has 2 aliphatic heterocycles. The summed E-state index contributed by atoms with van der Waals surface area (Å²) < 4.78 is 13.5. The highest BCUT2D eigenvalue weighted by Gasteiger charge is 2.33. The smallest absolute Gasteiger partial charge is 0.335 e. The van der Waals surface area contributed by atoms with Crippen molar-refractivity contribution < 1.29 is 29.3 Å². The van der Waals surface area contributed by atoms with Gasteiger partial charge in [0.1, 0.15) is 5.75 Å². The molecule has 3 aromatic rings. The summed E-state index contributed by atoms with van der Waals surface area (Å²) in [5.41, 5.74) is 5.77. The van der Waals surface area contributed by atoms with E-state index in [1.807, 2.05) is 24.3 Å². The first-order valence-electron chi connectivity index (χ1n) is 13.8. The minimum Gasteiger partial charge on any atom is -0.496 e. The molecular formula is C31H34N2O6. The molecular weight excluding hydrogens is 496 g/mol. The standard InChI is InChI=1S/C31H34N2O6/c1-38-27-9-5-8-23-25(27)14-21(30(35)32-12-13-39-22(17-32)18-34)16-33-26-15-20(31(36)37)10-11-24(26)28(29(23)33)19-6-3-2-4-7-19/h5,8-11,14-15,19,22,34H,2-4,6-7,12-13,16-18H2,1H3,(H,36,37). The molecule has 2 aromatic carbocycles. The second kappa shape index (κ2) is 10.5. The molecule has 0 bridgehead atoms. The van der Waals surface area contributed by atoms with Crippen LogP contribution in [-0.2, 0) is 16.1 Å². The Bertz CT molecular complexity index is 1470. The van der Waals surface area contributed by atoms with Crippen molar-refractivity contribution in [3.8, 4) is 17.0 Å². The molecule has 2 N–H and O–H groups in total. The number of morpholine rings is 1. The molecule has 1 aromatic heterocycles. The molecule has 0 spiro atoms. The van der Waals surface area contributed by atoms with E-state index in [0.29, 0.717) is 43.5 Å². The van der Waals surface area contributed by atoms with Gasteiger partial charge in [-0.05, 0) is 48.6 Å². The van der Waals surface area contributed by atoms with Gasteiger partial charge in [0, 0.05) is 40.7 Å². The largest absolute Gasteiger partial charge is 0.496 e. The molecule has 3 aliphatic rings. The van der Waals surface area contributed by atoms with E-state index >= 15 is 0 Å². The Morgan fingerprint density at radius 1 is 1.13 bits per heavy atom. The number of carboxylic acids is 1. The first-order chi connectivity index (χ1) is 19.0. The third kappa shape index (κ3) is 4.51. The lowest BCUT2D eigenvalue weighted by atomic mass is 9.81. The highest BCUT2D eigenvalue weighted by molar-refractivity contribution is 6.04. The number of carboxylic acid groups (broad SMARTS) is 1. The zero-order valence-corrected chi connectivity index (χ0v) is 22.2. The average Bonchev–Trinajstić information content (AvgIpc) is 3.19. The van der Waals surface area contributed by atoms with E-state index in [1.54, 1.807) is 24.1 Å². The number of hydrogen-bond donors (Lipinski definition) is 2. The summed E-state index contributed by atoms with van der Waals surface area (Å²) in [6.07, 6.45) is 7.26. The van der Waals surface area contributed by atoms with Crippen molar-refractivity contribution in [1.29, 1.82) is 0 Å². The van der Waals surface area contributed by atoms with Crippen LogP contribution < -0.4 is 4.74 Å². The van der Waals surface area contributed by atoms with Gasteiger partial charge in [0.15, 0.2) is 0 Å². The van der Waals surface area contributed by atoms with Crippen LogP contribution in [0, 0.1) is 0 Å². The van der Waals surface area contributed by atoms with Crippen LogP contribution in [0.3, 0.4) is 0 Å². The number of rotatable bonds is 5. The number of fused-ring (bicyclic) bond motifs is 5. The molecule has 6 rings (SSSR count). The van der Waals surface area contributed by atoms with Crippen molar-refractivity contribution in [2.45, 2.75) is 50.7 Å². The highest BCUT2D eigenvalue weighted by Crippen LogP contribution is 2.48. The van der Waals surface area contributed by atoms with E-state index in [9.17, 15) is 19.8 Å². The SMILES string of the molecule is COc1cccc2c1C=C(C(=O)N1CCOC(CO)C1)Cn1c-2c(C2CCCCC2)c2ccc(C(=O)O)cc21. The number of ether oxygens (including phenoxy) is 2. The molecule has 3 heterocycles. The van der Waals surface area contributed by atoms with E-state index < -0.39 is 12.1 Å². The van der Waals surface area contributed by atoms with Gasteiger partial charge < -0.3 is 29.2 Å². The first kappa shape index (κ1) is 25.6. The molecule has 39 heavy (non-hydrogen) atoms. The number of carbonyl (C=O) groups excluding carboxylic acids is 1. The zero-order chi connectivity index (χ0) is 27.1. The van der Waals surface area contributed by atoms with Crippen molar-refractivity contribution in [3.05, 3.63) is 58.7 Å². The van der Waals surface area contributed by atoms with Gasteiger partial charge in [-0.2, -0.15) is 0 Å². The Balaban J connectivity index is 1.59. The minimum absolute atomic E-state index is 0.114. The zero-order valence-electron chi connectivity index (χ0n) is 22.2. The lowest BCUT2D eigenvalue weighted by molar-refractivity contribution is -0.136. The molecule has 8 heteroatoms. The number of methoxy groups -OCH3 is 1. The van der Waals surface area contributed by atoms with Crippen LogP contribution in [0.2, 0.25) is 0 Å². The molecule has 1 aliphatic carbocycles. The topological polar surface area (TPSA) is 101 Å². The Labute approximate surface area is 227 Å². The van der Waals surface area contributed by atoms with Crippen LogP contribution in [0.25, 0.3) is 28.2 Å². The van der Waals surface area contributed by atoms with E-state index in [2.05, 4.69) is 10.6 Å². The fourth-order valence-corrected chi connectivity index (χ4v) is 6.58. The van der Waals surface area contributed by atoms with Crippen LogP contribution in [0.5, 0.6) is 5.75 Å². The third-order valence-electron chi connectivity index (χ3n) is 8.46. The number of carbonyl (C=O) groups is 2. The minimum atomic E-state index is -0.974. The molecule has 204 valence electrons. The second-order valence-corrected chi connectivity index (χ2v) is 10.7. The van der Waals surface area contributed by atoms with Crippen LogP contribution in [-0.4, -0.2) is 71.1 Å². The lowest BCUT2D eigenvalue weighted by Gasteiger charge is -2.32. The number of aliphatic hydroxyl groups is 1. The van der Waals surface area contributed by atoms with E-state index in [1.165, 1.54) is 24.8 Å². The van der Waals surface area contributed by atoms with Gasteiger partial charge in [-0.1, -0.05) is 37.5 Å². The average molecular weight is 531 g/mol. The summed E-state index contributed by atoms with van der Waals surface area (Å²) in [6.45, 7) is 1.30. The summed E-state index contributed by atoms with van der Waals surface area (Å²) in [6, 6.07) is 11.3. The number of aromatic carboxylic acids is 1. The number of aromatic nitrogens is 1. The number of hydrogen-bond acceptors (Lipinski definition) is 5. The summed E-state index contributed by atoms with van der Waals surface area (Å²) in [4.78, 5) is 27.7. The maximum atomic E-state index is 14.0. The van der Waals surface area contributed by atoms with E-state index in [0.717, 1.165) is 40.6 Å². The van der Waals surface area contributed by atoms with Crippen molar-refractivity contribution >= 4 is 28.9 Å². The molecule has 8 nitrogen and oxygen atoms in total. The monoisotopic (exact) mass is 530 g/mol. The van der Waals surface area contributed by atoms with Crippen LogP contribution >= 0.6 is 0 Å². The molecule has 1 amide bonds. The fraction of sp³-hybridized carbons (Fsp3) is 0.419. The van der Waals surface area contributed by atoms with Gasteiger partial charge in [0.05, 0.1) is 44.2 Å². The van der Waals surface area contributed by atoms with Crippen LogP contribution in [0.15, 0.2) is 42.0 Å². The normalized spacial score (nSPS) is 19.7. The number of nitrogens with zero attached hydrogens (tertiary/aromatic N) is 2. The van der Waals surface area contributed by atoms with Gasteiger partial charge in [-0.15, -0.1) is 0 Å². The first-order valence-corrected chi connectivity index (χ1v) is 13.8. The number of amides is 1. The quantitative estimate of drug-likeness (QED) is 0.497. The Kier molecular flexibility index (Phi) is 6.91. The van der Waals surface area contributed by atoms with Gasteiger partial charge in [0.2, 0.25) is 0 Å². The molecule has 0 radical (unpaired) electrons. The molecule has 1 atom stereocenters. The van der Waals surface area contributed by atoms with Gasteiger partial charge >= 0.3 is 5.97 Å². The molecule has 1 saturated heterocycles. The lowest BCUT2D eigenvalue weighted by Crippen LogP contribution is -2.47. The van der Waals surface area contributed by atoms with Crippen molar-refractivity contribution in [1.82, 2.24) is 9.47 Å². The third-order valence-corrected chi connectivity index (χ3v) is 8.46.